The van der Waals surface area contributed by atoms with Crippen LogP contribution in [0, 0.1) is 6.92 Å². The Morgan fingerprint density at radius 3 is 2.50 bits per heavy atom. The van der Waals surface area contributed by atoms with Crippen LogP contribution in [-0.4, -0.2) is 13.1 Å². The van der Waals surface area contributed by atoms with Gasteiger partial charge in [-0.15, -0.1) is 0 Å². The van der Waals surface area contributed by atoms with Gasteiger partial charge in [-0.05, 0) is 36.6 Å². The van der Waals surface area contributed by atoms with Crippen LogP contribution in [-0.2, 0) is 0 Å². The van der Waals surface area contributed by atoms with Crippen LogP contribution in [0.5, 0.6) is 0 Å². The van der Waals surface area contributed by atoms with Crippen molar-refractivity contribution in [3.8, 4) is 0 Å². The van der Waals surface area contributed by atoms with E-state index in [0.717, 1.165) is 29.8 Å². The zero-order valence-corrected chi connectivity index (χ0v) is 11.6. The lowest BCUT2D eigenvalue weighted by Crippen LogP contribution is -2.30. The molecule has 0 unspecified atom stereocenters. The summed E-state index contributed by atoms with van der Waals surface area (Å²) in [5, 5.41) is 0. The molecule has 2 aromatic rings. The molecule has 0 aromatic heterocycles. The van der Waals surface area contributed by atoms with Crippen LogP contribution < -0.4 is 4.90 Å². The number of halogens is 1. The molecule has 0 aliphatic carbocycles. The first-order valence-electron chi connectivity index (χ1n) is 6.98. The van der Waals surface area contributed by atoms with Crippen molar-refractivity contribution in [1.29, 1.82) is 0 Å². The third-order valence-electron chi connectivity index (χ3n) is 3.78. The Morgan fingerprint density at radius 2 is 1.80 bits per heavy atom. The highest BCUT2D eigenvalue weighted by Gasteiger charge is 2.20. The lowest BCUT2D eigenvalue weighted by atomic mass is 9.97. The summed E-state index contributed by atoms with van der Waals surface area (Å²) in [5.74, 6) is -0.00861. The Hall–Kier alpha value is -2.09. The molecule has 1 aliphatic rings. The molecule has 0 fully saturated rings. The van der Waals surface area contributed by atoms with Crippen molar-refractivity contribution < 1.29 is 4.39 Å². The first kappa shape index (κ1) is 12.9. The lowest BCUT2D eigenvalue weighted by Gasteiger charge is -2.30. The summed E-state index contributed by atoms with van der Waals surface area (Å²) < 4.78 is 14.4. The molecule has 0 saturated carbocycles. The van der Waals surface area contributed by atoms with Gasteiger partial charge in [0.25, 0.3) is 0 Å². The zero-order valence-electron chi connectivity index (χ0n) is 11.6. The van der Waals surface area contributed by atoms with Crippen molar-refractivity contribution in [2.24, 2.45) is 0 Å². The molecule has 0 amide bonds. The van der Waals surface area contributed by atoms with Gasteiger partial charge in [0.2, 0.25) is 0 Å². The first-order chi connectivity index (χ1) is 9.74. The van der Waals surface area contributed by atoms with Crippen molar-refractivity contribution in [3.63, 3.8) is 0 Å². The fourth-order valence-corrected chi connectivity index (χ4v) is 2.72. The number of anilines is 1. The average Bonchev–Trinajstić information content (AvgIpc) is 2.48. The summed E-state index contributed by atoms with van der Waals surface area (Å²) in [6.45, 7) is 3.27. The molecule has 1 aliphatic heterocycles. The van der Waals surface area contributed by atoms with E-state index in [1.807, 2.05) is 55.5 Å². The molecule has 2 aromatic carbocycles. The second kappa shape index (κ2) is 5.49. The number of aryl methyl sites for hydroxylation is 1. The Balaban J connectivity index is 1.86. The van der Waals surface area contributed by atoms with Crippen LogP contribution in [0.1, 0.15) is 17.5 Å². The van der Waals surface area contributed by atoms with E-state index in [4.69, 9.17) is 0 Å². The second-order valence-electron chi connectivity index (χ2n) is 5.26. The van der Waals surface area contributed by atoms with E-state index in [2.05, 4.69) is 11.0 Å². The molecule has 0 saturated heterocycles. The molecule has 3 rings (SSSR count). The van der Waals surface area contributed by atoms with Crippen molar-refractivity contribution >= 4 is 11.3 Å². The van der Waals surface area contributed by atoms with Crippen LogP contribution in [0.2, 0.25) is 0 Å². The van der Waals surface area contributed by atoms with Gasteiger partial charge in [-0.25, -0.2) is 4.39 Å². The van der Waals surface area contributed by atoms with E-state index in [1.54, 1.807) is 0 Å². The predicted octanol–water partition coefficient (Wildman–Crippen LogP) is 4.59. The fourth-order valence-electron chi connectivity index (χ4n) is 2.72. The third-order valence-corrected chi connectivity index (χ3v) is 3.78. The molecular weight excluding hydrogens is 249 g/mol. The van der Waals surface area contributed by atoms with E-state index in [-0.39, 0.29) is 5.83 Å². The zero-order chi connectivity index (χ0) is 13.9. The van der Waals surface area contributed by atoms with Gasteiger partial charge in [0.05, 0.1) is 6.54 Å². The molecule has 1 nitrogen and oxygen atoms in total. The standard InChI is InChI=1S/C18H18FN/c1-14-6-5-7-15(12-14)17-10-11-20(13-18(17)19)16-8-3-2-4-9-16/h2-9,12H,10-11,13H2,1H3. The van der Waals surface area contributed by atoms with E-state index >= 15 is 0 Å². The van der Waals surface area contributed by atoms with E-state index in [9.17, 15) is 4.39 Å². The van der Waals surface area contributed by atoms with Crippen molar-refractivity contribution in [2.75, 3.05) is 18.0 Å². The van der Waals surface area contributed by atoms with Gasteiger partial charge in [0, 0.05) is 12.2 Å². The maximum atomic E-state index is 14.4. The molecule has 0 N–H and O–H groups in total. The summed E-state index contributed by atoms with van der Waals surface area (Å²) in [4.78, 5) is 2.09. The molecule has 0 spiro atoms. The summed E-state index contributed by atoms with van der Waals surface area (Å²) in [5.41, 5.74) is 4.15. The maximum absolute atomic E-state index is 14.4. The van der Waals surface area contributed by atoms with Crippen LogP contribution in [0.4, 0.5) is 10.1 Å². The van der Waals surface area contributed by atoms with Gasteiger partial charge in [-0.1, -0.05) is 48.0 Å². The highest BCUT2D eigenvalue weighted by Crippen LogP contribution is 2.30. The Kier molecular flexibility index (Phi) is 3.55. The molecule has 102 valence electrons. The third kappa shape index (κ3) is 2.60. The van der Waals surface area contributed by atoms with E-state index < -0.39 is 0 Å². The van der Waals surface area contributed by atoms with Gasteiger partial charge in [0.15, 0.2) is 0 Å². The minimum Gasteiger partial charge on any atom is -0.364 e. The van der Waals surface area contributed by atoms with Gasteiger partial charge < -0.3 is 4.90 Å². The maximum Gasteiger partial charge on any atom is 0.123 e. The second-order valence-corrected chi connectivity index (χ2v) is 5.26. The minimum atomic E-state index is -0.00861. The number of hydrogen-bond donors (Lipinski definition) is 0. The first-order valence-corrected chi connectivity index (χ1v) is 6.98. The molecule has 1 heterocycles. The van der Waals surface area contributed by atoms with Crippen LogP contribution >= 0.6 is 0 Å². The lowest BCUT2D eigenvalue weighted by molar-refractivity contribution is 0.583. The highest BCUT2D eigenvalue weighted by molar-refractivity contribution is 5.71. The smallest absolute Gasteiger partial charge is 0.123 e. The predicted molar refractivity (Wildman–Crippen MR) is 82.5 cm³/mol. The summed E-state index contributed by atoms with van der Waals surface area (Å²) in [6.07, 6.45) is 0.754. The van der Waals surface area contributed by atoms with Crippen LogP contribution in [0.3, 0.4) is 0 Å². The number of rotatable bonds is 2. The van der Waals surface area contributed by atoms with Crippen molar-refractivity contribution in [2.45, 2.75) is 13.3 Å². The summed E-state index contributed by atoms with van der Waals surface area (Å²) in [6, 6.07) is 18.1. The molecule has 0 atom stereocenters. The van der Waals surface area contributed by atoms with Crippen molar-refractivity contribution in [1.82, 2.24) is 0 Å². The largest absolute Gasteiger partial charge is 0.364 e. The number of benzene rings is 2. The van der Waals surface area contributed by atoms with E-state index in [1.165, 1.54) is 5.56 Å². The van der Waals surface area contributed by atoms with Gasteiger partial charge in [0.1, 0.15) is 5.83 Å². The number of nitrogens with zero attached hydrogens (tertiary/aromatic N) is 1. The molecule has 20 heavy (non-hydrogen) atoms. The highest BCUT2D eigenvalue weighted by atomic mass is 19.1. The monoisotopic (exact) mass is 267 g/mol. The average molecular weight is 267 g/mol. The van der Waals surface area contributed by atoms with Crippen molar-refractivity contribution in [3.05, 3.63) is 71.6 Å². The van der Waals surface area contributed by atoms with Gasteiger partial charge in [-0.2, -0.15) is 0 Å². The molecular formula is C18H18FN. The Morgan fingerprint density at radius 1 is 1.00 bits per heavy atom. The van der Waals surface area contributed by atoms with Crippen LogP contribution in [0.15, 0.2) is 60.4 Å². The van der Waals surface area contributed by atoms with E-state index in [0.29, 0.717) is 6.54 Å². The quantitative estimate of drug-likeness (QED) is 0.769. The van der Waals surface area contributed by atoms with Gasteiger partial charge >= 0.3 is 0 Å². The number of para-hydroxylation sites is 1. The summed E-state index contributed by atoms with van der Waals surface area (Å²) in [7, 11) is 0. The Bertz CT molecular complexity index is 631. The molecule has 2 heteroatoms. The summed E-state index contributed by atoms with van der Waals surface area (Å²) >= 11 is 0. The normalized spacial score (nSPS) is 15.6. The van der Waals surface area contributed by atoms with Crippen LogP contribution in [0.25, 0.3) is 5.57 Å². The Labute approximate surface area is 119 Å². The minimum absolute atomic E-state index is 0.00861. The number of hydrogen-bond acceptors (Lipinski definition) is 1. The van der Waals surface area contributed by atoms with Gasteiger partial charge in [-0.3, -0.25) is 0 Å². The SMILES string of the molecule is Cc1cccc(C2=C(F)CN(c3ccccc3)CC2)c1. The molecule has 0 radical (unpaired) electrons. The topological polar surface area (TPSA) is 3.24 Å². The molecule has 0 bridgehead atoms. The fraction of sp³-hybridized carbons (Fsp3) is 0.222.